The third-order valence-corrected chi connectivity index (χ3v) is 5.04. The Morgan fingerprint density at radius 3 is 2.72 bits per heavy atom. The van der Waals surface area contributed by atoms with Crippen molar-refractivity contribution >= 4 is 28.5 Å². The first-order chi connectivity index (χ1) is 12.1. The van der Waals surface area contributed by atoms with Gasteiger partial charge in [-0.25, -0.2) is 9.37 Å². The molecule has 1 aromatic heterocycles. The number of nitrogens with zero attached hydrogens (tertiary/aromatic N) is 4. The fourth-order valence-electron chi connectivity index (χ4n) is 2.78. The summed E-state index contributed by atoms with van der Waals surface area (Å²) in [5.41, 5.74) is 9.75. The van der Waals surface area contributed by atoms with Crippen LogP contribution in [0.4, 0.5) is 15.3 Å². The van der Waals surface area contributed by atoms with E-state index in [9.17, 15) is 4.39 Å². The zero-order valence-electron chi connectivity index (χ0n) is 14.3. The Morgan fingerprint density at radius 2 is 2.08 bits per heavy atom. The molecule has 6 nitrogen and oxygen atoms in total. The van der Waals surface area contributed by atoms with Crippen molar-refractivity contribution in [2.45, 2.75) is 13.5 Å². The highest BCUT2D eigenvalue weighted by Gasteiger charge is 2.16. The van der Waals surface area contributed by atoms with E-state index < -0.39 is 0 Å². The molecule has 0 radical (unpaired) electrons. The first-order valence-electron chi connectivity index (χ1n) is 8.37. The van der Waals surface area contributed by atoms with E-state index in [0.29, 0.717) is 23.1 Å². The highest BCUT2D eigenvalue weighted by atomic mass is 32.1. The van der Waals surface area contributed by atoms with E-state index in [1.165, 1.54) is 17.4 Å². The molecule has 0 amide bonds. The van der Waals surface area contributed by atoms with Gasteiger partial charge in [0.1, 0.15) is 11.6 Å². The zero-order chi connectivity index (χ0) is 17.6. The molecule has 25 heavy (non-hydrogen) atoms. The van der Waals surface area contributed by atoms with Crippen LogP contribution in [-0.2, 0) is 6.54 Å². The van der Waals surface area contributed by atoms with Crippen molar-refractivity contribution in [2.24, 2.45) is 5.10 Å². The van der Waals surface area contributed by atoms with E-state index in [1.54, 1.807) is 11.6 Å². The number of piperazine rings is 1. The maximum atomic E-state index is 14.4. The number of nitrogens with two attached hydrogens (primary N) is 1. The van der Waals surface area contributed by atoms with Crippen LogP contribution in [0.5, 0.6) is 0 Å². The van der Waals surface area contributed by atoms with E-state index in [1.807, 2.05) is 12.1 Å². The predicted molar refractivity (Wildman–Crippen MR) is 102 cm³/mol. The lowest BCUT2D eigenvalue weighted by atomic mass is 10.1. The van der Waals surface area contributed by atoms with Crippen molar-refractivity contribution in [1.29, 1.82) is 0 Å². The summed E-state index contributed by atoms with van der Waals surface area (Å²) in [4.78, 5) is 8.75. The van der Waals surface area contributed by atoms with E-state index in [4.69, 9.17) is 5.73 Å². The number of nitrogens with one attached hydrogen (secondary N) is 1. The lowest BCUT2D eigenvalue weighted by Gasteiger charge is -2.34. The monoisotopic (exact) mass is 362 g/mol. The number of thiazole rings is 1. The molecule has 2 heterocycles. The summed E-state index contributed by atoms with van der Waals surface area (Å²) in [7, 11) is 0. The first kappa shape index (κ1) is 17.8. The highest BCUT2D eigenvalue weighted by Crippen LogP contribution is 2.17. The van der Waals surface area contributed by atoms with Crippen molar-refractivity contribution in [3.63, 3.8) is 0 Å². The third-order valence-electron chi connectivity index (χ3n) is 4.28. The number of aromatic nitrogens is 1. The summed E-state index contributed by atoms with van der Waals surface area (Å²) < 4.78 is 14.4. The number of likely N-dealkylation sites (N-methyl/N-ethyl adjacent to an activating group) is 1. The minimum atomic E-state index is -0.194. The summed E-state index contributed by atoms with van der Waals surface area (Å²) in [6.45, 7) is 7.98. The summed E-state index contributed by atoms with van der Waals surface area (Å²) in [5.74, 6) is 0.262. The number of hydrogen-bond donors (Lipinski definition) is 2. The molecule has 1 fully saturated rings. The summed E-state index contributed by atoms with van der Waals surface area (Å²) in [6.07, 6.45) is 1.57. The Bertz CT molecular complexity index is 724. The fourth-order valence-corrected chi connectivity index (χ4v) is 3.32. The van der Waals surface area contributed by atoms with Gasteiger partial charge in [-0.1, -0.05) is 19.1 Å². The number of halogens is 1. The Hall–Kier alpha value is -2.03. The number of rotatable bonds is 6. The number of nitrogen functional groups attached to an aromatic ring is 1. The normalized spacial score (nSPS) is 16.6. The molecule has 3 N–H and O–H groups in total. The van der Waals surface area contributed by atoms with Crippen LogP contribution in [0.1, 0.15) is 18.1 Å². The fraction of sp³-hybridized carbons (Fsp3) is 0.412. The molecular formula is C17H23FN6S. The van der Waals surface area contributed by atoms with Gasteiger partial charge in [0, 0.05) is 43.7 Å². The van der Waals surface area contributed by atoms with Gasteiger partial charge in [-0.05, 0) is 18.2 Å². The molecule has 134 valence electrons. The van der Waals surface area contributed by atoms with Gasteiger partial charge in [0.25, 0.3) is 0 Å². The molecule has 0 atom stereocenters. The predicted octanol–water partition coefficient (Wildman–Crippen LogP) is 2.45. The Morgan fingerprint density at radius 1 is 1.32 bits per heavy atom. The largest absolute Gasteiger partial charge is 0.383 e. The van der Waals surface area contributed by atoms with Gasteiger partial charge < -0.3 is 10.6 Å². The molecule has 3 rings (SSSR count). The molecular weight excluding hydrogens is 339 g/mol. The van der Waals surface area contributed by atoms with Gasteiger partial charge in [0.15, 0.2) is 0 Å². The van der Waals surface area contributed by atoms with E-state index in [2.05, 4.69) is 32.2 Å². The van der Waals surface area contributed by atoms with E-state index in [0.717, 1.165) is 38.3 Å². The molecule has 0 saturated carbocycles. The molecule has 2 aromatic rings. The van der Waals surface area contributed by atoms with Gasteiger partial charge in [0.05, 0.1) is 6.21 Å². The SMILES string of the molecule is CCN1CCN(Cc2ccc(C=NNc3nc(N)cs3)cc2F)CC1. The molecule has 0 spiro atoms. The third kappa shape index (κ3) is 4.97. The lowest BCUT2D eigenvalue weighted by molar-refractivity contribution is 0.131. The summed E-state index contributed by atoms with van der Waals surface area (Å²) in [6, 6.07) is 5.23. The molecule has 1 aromatic carbocycles. The number of hydrazone groups is 1. The summed E-state index contributed by atoms with van der Waals surface area (Å²) in [5, 5.41) is 6.40. The average molecular weight is 362 g/mol. The zero-order valence-corrected chi connectivity index (χ0v) is 15.1. The number of hydrogen-bond acceptors (Lipinski definition) is 7. The van der Waals surface area contributed by atoms with E-state index in [-0.39, 0.29) is 5.82 Å². The van der Waals surface area contributed by atoms with Crippen molar-refractivity contribution in [1.82, 2.24) is 14.8 Å². The van der Waals surface area contributed by atoms with Crippen LogP contribution < -0.4 is 11.2 Å². The van der Waals surface area contributed by atoms with Crippen LogP contribution in [-0.4, -0.2) is 53.7 Å². The maximum absolute atomic E-state index is 14.4. The topological polar surface area (TPSA) is 69.8 Å². The van der Waals surface area contributed by atoms with Crippen molar-refractivity contribution in [2.75, 3.05) is 43.9 Å². The van der Waals surface area contributed by atoms with Gasteiger partial charge >= 0.3 is 0 Å². The van der Waals surface area contributed by atoms with Crippen LogP contribution in [0.3, 0.4) is 0 Å². The van der Waals surface area contributed by atoms with Crippen LogP contribution >= 0.6 is 11.3 Å². The smallest absolute Gasteiger partial charge is 0.205 e. The molecule has 0 unspecified atom stereocenters. The lowest BCUT2D eigenvalue weighted by Crippen LogP contribution is -2.45. The average Bonchev–Trinajstić information content (AvgIpc) is 3.03. The molecule has 0 bridgehead atoms. The van der Waals surface area contributed by atoms with Crippen LogP contribution in [0.25, 0.3) is 0 Å². The Labute approximate surface area is 151 Å². The number of anilines is 2. The molecule has 8 heteroatoms. The summed E-state index contributed by atoms with van der Waals surface area (Å²) >= 11 is 1.37. The molecule has 1 aliphatic rings. The Kier molecular flexibility index (Phi) is 5.95. The second-order valence-electron chi connectivity index (χ2n) is 6.01. The standard InChI is InChI=1S/C17H23FN6S/c1-2-23-5-7-24(8-6-23)11-14-4-3-13(9-15(14)18)10-20-22-17-21-16(19)12-25-17/h3-4,9-10,12H,2,5-8,11,19H2,1H3,(H,21,22). The first-order valence-corrected chi connectivity index (χ1v) is 9.25. The van der Waals surface area contributed by atoms with Gasteiger partial charge in [0.2, 0.25) is 5.13 Å². The second-order valence-corrected chi connectivity index (χ2v) is 6.87. The van der Waals surface area contributed by atoms with Gasteiger partial charge in [-0.3, -0.25) is 10.3 Å². The molecule has 1 saturated heterocycles. The minimum absolute atomic E-state index is 0.194. The Balaban J connectivity index is 1.55. The second kappa shape index (κ2) is 8.37. The highest BCUT2D eigenvalue weighted by molar-refractivity contribution is 7.14. The van der Waals surface area contributed by atoms with Crippen LogP contribution in [0, 0.1) is 5.82 Å². The van der Waals surface area contributed by atoms with Crippen molar-refractivity contribution in [3.05, 3.63) is 40.5 Å². The van der Waals surface area contributed by atoms with Crippen LogP contribution in [0.2, 0.25) is 0 Å². The van der Waals surface area contributed by atoms with Crippen molar-refractivity contribution in [3.8, 4) is 0 Å². The van der Waals surface area contributed by atoms with Gasteiger partial charge in [-0.15, -0.1) is 11.3 Å². The van der Waals surface area contributed by atoms with Gasteiger partial charge in [-0.2, -0.15) is 5.10 Å². The quantitative estimate of drug-likeness (QED) is 0.610. The minimum Gasteiger partial charge on any atom is -0.383 e. The van der Waals surface area contributed by atoms with E-state index >= 15 is 0 Å². The molecule has 1 aliphatic heterocycles. The van der Waals surface area contributed by atoms with Crippen molar-refractivity contribution < 1.29 is 4.39 Å². The van der Waals surface area contributed by atoms with Crippen LogP contribution in [0.15, 0.2) is 28.7 Å². The molecule has 0 aliphatic carbocycles. The maximum Gasteiger partial charge on any atom is 0.205 e. The number of benzene rings is 1.